The number of hydrogen-bond donors (Lipinski definition) is 1. The molecule has 1 aromatic rings. The molecule has 1 heterocycles. The fourth-order valence-corrected chi connectivity index (χ4v) is 2.62. The standard InChI is InChI=1S/C12H13BrClN3O/c1-7(18)17-3-2-8-4-9(13)5-10(12(8)17)16-11(15)6-14/h4-5H,2-3,6H2,1H3,(H2,15,16). The first-order valence-electron chi connectivity index (χ1n) is 5.52. The second kappa shape index (κ2) is 5.28. The molecule has 1 aromatic carbocycles. The van der Waals surface area contributed by atoms with Crippen molar-refractivity contribution < 1.29 is 4.79 Å². The Morgan fingerprint density at radius 1 is 1.61 bits per heavy atom. The van der Waals surface area contributed by atoms with Crippen molar-refractivity contribution in [1.82, 2.24) is 0 Å². The van der Waals surface area contributed by atoms with E-state index in [-0.39, 0.29) is 11.8 Å². The maximum Gasteiger partial charge on any atom is 0.223 e. The number of alkyl halides is 1. The average molecular weight is 331 g/mol. The van der Waals surface area contributed by atoms with Gasteiger partial charge in [0.1, 0.15) is 5.84 Å². The van der Waals surface area contributed by atoms with E-state index in [1.165, 1.54) is 0 Å². The number of benzene rings is 1. The van der Waals surface area contributed by atoms with Crippen LogP contribution >= 0.6 is 27.5 Å². The zero-order valence-electron chi connectivity index (χ0n) is 9.91. The molecular formula is C12H13BrClN3O. The van der Waals surface area contributed by atoms with E-state index in [9.17, 15) is 4.79 Å². The van der Waals surface area contributed by atoms with Crippen molar-refractivity contribution in [3.05, 3.63) is 22.2 Å². The van der Waals surface area contributed by atoms with Crippen LogP contribution < -0.4 is 10.6 Å². The number of amidine groups is 1. The predicted molar refractivity (Wildman–Crippen MR) is 77.9 cm³/mol. The van der Waals surface area contributed by atoms with Crippen LogP contribution in [-0.4, -0.2) is 24.2 Å². The lowest BCUT2D eigenvalue weighted by atomic mass is 10.1. The smallest absolute Gasteiger partial charge is 0.223 e. The number of anilines is 1. The summed E-state index contributed by atoms with van der Waals surface area (Å²) in [5, 5.41) is 0. The van der Waals surface area contributed by atoms with E-state index in [4.69, 9.17) is 17.3 Å². The number of rotatable bonds is 2. The highest BCUT2D eigenvalue weighted by Gasteiger charge is 2.25. The molecule has 0 unspecified atom stereocenters. The normalized spacial score (nSPS) is 14.8. The fourth-order valence-electron chi connectivity index (χ4n) is 2.07. The third-order valence-electron chi connectivity index (χ3n) is 2.79. The van der Waals surface area contributed by atoms with Crippen LogP contribution in [0.1, 0.15) is 12.5 Å². The van der Waals surface area contributed by atoms with Crippen molar-refractivity contribution in [1.29, 1.82) is 0 Å². The number of nitrogens with two attached hydrogens (primary N) is 1. The first-order valence-corrected chi connectivity index (χ1v) is 6.85. The van der Waals surface area contributed by atoms with Crippen LogP contribution in [0.25, 0.3) is 0 Å². The summed E-state index contributed by atoms with van der Waals surface area (Å²) in [6, 6.07) is 3.85. The fraction of sp³-hybridized carbons (Fsp3) is 0.333. The van der Waals surface area contributed by atoms with Crippen molar-refractivity contribution >= 4 is 50.6 Å². The molecule has 0 spiro atoms. The molecule has 0 aliphatic carbocycles. The van der Waals surface area contributed by atoms with Gasteiger partial charge in [-0.25, -0.2) is 4.99 Å². The van der Waals surface area contributed by atoms with Gasteiger partial charge in [0.25, 0.3) is 0 Å². The molecule has 0 fully saturated rings. The van der Waals surface area contributed by atoms with E-state index in [0.29, 0.717) is 18.1 Å². The highest BCUT2D eigenvalue weighted by atomic mass is 79.9. The number of amides is 1. The summed E-state index contributed by atoms with van der Waals surface area (Å²) in [7, 11) is 0. The van der Waals surface area contributed by atoms with Crippen molar-refractivity contribution in [3.8, 4) is 0 Å². The van der Waals surface area contributed by atoms with E-state index >= 15 is 0 Å². The monoisotopic (exact) mass is 329 g/mol. The molecular weight excluding hydrogens is 318 g/mol. The molecule has 2 rings (SSSR count). The zero-order chi connectivity index (χ0) is 13.3. The minimum atomic E-state index is 0.0111. The summed E-state index contributed by atoms with van der Waals surface area (Å²) in [4.78, 5) is 17.6. The van der Waals surface area contributed by atoms with Crippen LogP contribution in [0.15, 0.2) is 21.6 Å². The Labute approximate surface area is 119 Å². The van der Waals surface area contributed by atoms with Gasteiger partial charge in [0, 0.05) is 17.9 Å². The number of carbonyl (C=O) groups is 1. The van der Waals surface area contributed by atoms with Gasteiger partial charge in [-0.05, 0) is 24.1 Å². The summed E-state index contributed by atoms with van der Waals surface area (Å²) < 4.78 is 0.924. The highest BCUT2D eigenvalue weighted by molar-refractivity contribution is 9.10. The maximum absolute atomic E-state index is 11.6. The van der Waals surface area contributed by atoms with Crippen LogP contribution in [0.2, 0.25) is 0 Å². The minimum Gasteiger partial charge on any atom is -0.386 e. The van der Waals surface area contributed by atoms with Gasteiger partial charge < -0.3 is 10.6 Å². The summed E-state index contributed by atoms with van der Waals surface area (Å²) in [5.41, 5.74) is 8.30. The van der Waals surface area contributed by atoms with Gasteiger partial charge in [-0.1, -0.05) is 15.9 Å². The van der Waals surface area contributed by atoms with Gasteiger partial charge in [0.05, 0.1) is 17.3 Å². The molecule has 6 heteroatoms. The Balaban J connectivity index is 2.56. The second-order valence-electron chi connectivity index (χ2n) is 4.09. The molecule has 0 saturated carbocycles. The van der Waals surface area contributed by atoms with E-state index in [0.717, 1.165) is 22.1 Å². The van der Waals surface area contributed by atoms with Crippen molar-refractivity contribution in [2.45, 2.75) is 13.3 Å². The molecule has 1 aliphatic heterocycles. The van der Waals surface area contributed by atoms with Gasteiger partial charge >= 0.3 is 0 Å². The zero-order valence-corrected chi connectivity index (χ0v) is 12.3. The van der Waals surface area contributed by atoms with Gasteiger partial charge in [-0.3, -0.25) is 4.79 Å². The van der Waals surface area contributed by atoms with E-state index in [2.05, 4.69) is 20.9 Å². The van der Waals surface area contributed by atoms with Crippen molar-refractivity contribution in [2.24, 2.45) is 10.7 Å². The molecule has 0 radical (unpaired) electrons. The van der Waals surface area contributed by atoms with Crippen LogP contribution in [0.4, 0.5) is 11.4 Å². The minimum absolute atomic E-state index is 0.0111. The first kappa shape index (κ1) is 13.4. The topological polar surface area (TPSA) is 58.7 Å². The molecule has 96 valence electrons. The Bertz CT molecular complexity index is 530. The Kier molecular flexibility index (Phi) is 3.92. The highest BCUT2D eigenvalue weighted by Crippen LogP contribution is 2.40. The molecule has 18 heavy (non-hydrogen) atoms. The Hall–Kier alpha value is -1.07. The number of hydrogen-bond acceptors (Lipinski definition) is 2. The predicted octanol–water partition coefficient (Wildman–Crippen LogP) is 2.59. The lowest BCUT2D eigenvalue weighted by Gasteiger charge is -2.17. The van der Waals surface area contributed by atoms with Crippen LogP contribution in [-0.2, 0) is 11.2 Å². The van der Waals surface area contributed by atoms with Gasteiger partial charge in [-0.2, -0.15) is 0 Å². The maximum atomic E-state index is 11.6. The first-order chi connectivity index (χ1) is 8.52. The van der Waals surface area contributed by atoms with Gasteiger partial charge in [0.2, 0.25) is 5.91 Å². The van der Waals surface area contributed by atoms with Gasteiger partial charge in [0.15, 0.2) is 0 Å². The molecule has 2 N–H and O–H groups in total. The lowest BCUT2D eigenvalue weighted by Crippen LogP contribution is -2.26. The van der Waals surface area contributed by atoms with Crippen LogP contribution in [0.5, 0.6) is 0 Å². The molecule has 0 bridgehead atoms. The average Bonchev–Trinajstić information content (AvgIpc) is 2.72. The molecule has 1 aliphatic rings. The number of aliphatic imine (C=N–C) groups is 1. The summed E-state index contributed by atoms with van der Waals surface area (Å²) in [6.07, 6.45) is 0.831. The summed E-state index contributed by atoms with van der Waals surface area (Å²) in [5.74, 6) is 0.519. The van der Waals surface area contributed by atoms with Gasteiger partial charge in [-0.15, -0.1) is 11.6 Å². The number of nitrogens with zero attached hydrogens (tertiary/aromatic N) is 2. The third kappa shape index (κ3) is 2.52. The van der Waals surface area contributed by atoms with Crippen LogP contribution in [0, 0.1) is 0 Å². The van der Waals surface area contributed by atoms with E-state index < -0.39 is 0 Å². The number of carbonyl (C=O) groups excluding carboxylic acids is 1. The van der Waals surface area contributed by atoms with Crippen molar-refractivity contribution in [3.63, 3.8) is 0 Å². The SMILES string of the molecule is CC(=O)N1CCc2cc(Br)cc(N=C(N)CCl)c21. The molecule has 0 atom stereocenters. The van der Waals surface area contributed by atoms with Crippen LogP contribution in [0.3, 0.4) is 0 Å². The molecule has 0 saturated heterocycles. The molecule has 0 aromatic heterocycles. The van der Waals surface area contributed by atoms with E-state index in [1.807, 2.05) is 12.1 Å². The lowest BCUT2D eigenvalue weighted by molar-refractivity contribution is -0.116. The quantitative estimate of drug-likeness (QED) is 0.515. The van der Waals surface area contributed by atoms with Crippen molar-refractivity contribution in [2.75, 3.05) is 17.3 Å². The number of halogens is 2. The third-order valence-corrected chi connectivity index (χ3v) is 3.52. The van der Waals surface area contributed by atoms with E-state index in [1.54, 1.807) is 11.8 Å². The number of fused-ring (bicyclic) bond motifs is 1. The largest absolute Gasteiger partial charge is 0.386 e. The summed E-state index contributed by atoms with van der Waals surface area (Å²) >= 11 is 9.08. The second-order valence-corrected chi connectivity index (χ2v) is 5.27. The molecule has 1 amide bonds. The summed E-state index contributed by atoms with van der Waals surface area (Å²) in [6.45, 7) is 2.24. The Morgan fingerprint density at radius 3 is 2.94 bits per heavy atom. The molecule has 4 nitrogen and oxygen atoms in total. The Morgan fingerprint density at radius 2 is 2.33 bits per heavy atom.